The zero-order chi connectivity index (χ0) is 38.8. The van der Waals surface area contributed by atoms with Crippen LogP contribution in [0.15, 0.2) is 11.6 Å². The summed E-state index contributed by atoms with van der Waals surface area (Å²) in [6, 6.07) is 0. The lowest BCUT2D eigenvalue weighted by Crippen LogP contribution is -2.64. The molecule has 2 heterocycles. The Labute approximate surface area is 313 Å². The summed E-state index contributed by atoms with van der Waals surface area (Å²) >= 11 is 0. The summed E-state index contributed by atoms with van der Waals surface area (Å²) in [5, 5.41) is 72.3. The molecule has 2 aliphatic heterocycles. The van der Waals surface area contributed by atoms with Crippen molar-refractivity contribution in [2.45, 2.75) is 167 Å². The van der Waals surface area contributed by atoms with Gasteiger partial charge in [-0.05, 0) is 85.9 Å². The summed E-state index contributed by atoms with van der Waals surface area (Å²) < 4.78 is 24.0. The molecular weight excluding hydrogens is 688 g/mol. The highest BCUT2D eigenvalue weighted by molar-refractivity contribution is 5.92. The molecule has 0 aromatic carbocycles. The van der Waals surface area contributed by atoms with Crippen molar-refractivity contribution in [1.82, 2.24) is 0 Å². The lowest BCUT2D eigenvalue weighted by molar-refractivity contribution is -0.369. The molecule has 6 rings (SSSR count). The standard InChI is InChI=1S/C40H64O13/c1-19(17-41)7-10-26(43)20(2)29-27(44)16-40(6)25-9-8-22-15-23(11-13-38(22,4)24(25)12-14-39(29,40)5)51-37-35(33(48)31(46)28(18-42)52-37)53-36-34(49)32(47)30(45)21(3)50-36/h8,19-21,23-25,28-37,41-42,45-49H,7,9-18H2,1-6H3. The van der Waals surface area contributed by atoms with E-state index in [2.05, 4.69) is 26.8 Å². The zero-order valence-corrected chi connectivity index (χ0v) is 32.2. The van der Waals surface area contributed by atoms with Gasteiger partial charge in [0.1, 0.15) is 54.3 Å². The van der Waals surface area contributed by atoms with Gasteiger partial charge in [-0.15, -0.1) is 0 Å². The summed E-state index contributed by atoms with van der Waals surface area (Å²) in [6.07, 6.45) is -5.65. The number of hydrogen-bond donors (Lipinski definition) is 7. The third kappa shape index (κ3) is 7.02. The van der Waals surface area contributed by atoms with Crippen LogP contribution >= 0.6 is 0 Å². The van der Waals surface area contributed by atoms with E-state index >= 15 is 0 Å². The second-order valence-electron chi connectivity index (χ2n) is 18.2. The van der Waals surface area contributed by atoms with E-state index in [1.165, 1.54) is 12.5 Å². The number of rotatable bonds is 11. The lowest BCUT2D eigenvalue weighted by Gasteiger charge is -2.62. The Morgan fingerprint density at radius 1 is 0.887 bits per heavy atom. The summed E-state index contributed by atoms with van der Waals surface area (Å²) in [6.45, 7) is 11.7. The largest absolute Gasteiger partial charge is 0.396 e. The smallest absolute Gasteiger partial charge is 0.187 e. The molecule has 3 saturated carbocycles. The number of allylic oxidation sites excluding steroid dienone is 1. The second-order valence-corrected chi connectivity index (χ2v) is 18.2. The molecule has 6 aliphatic rings. The monoisotopic (exact) mass is 752 g/mol. The van der Waals surface area contributed by atoms with Crippen molar-refractivity contribution in [2.24, 2.45) is 45.8 Å². The van der Waals surface area contributed by atoms with Crippen LogP contribution < -0.4 is 0 Å². The summed E-state index contributed by atoms with van der Waals surface area (Å²) in [5.41, 5.74) is 0.589. The molecule has 5 fully saturated rings. The molecule has 19 atom stereocenters. The van der Waals surface area contributed by atoms with Gasteiger partial charge in [0.2, 0.25) is 0 Å². The van der Waals surface area contributed by atoms with Gasteiger partial charge in [0.05, 0.1) is 18.8 Å². The van der Waals surface area contributed by atoms with E-state index in [-0.39, 0.29) is 64.2 Å². The van der Waals surface area contributed by atoms with Crippen LogP contribution in [0.5, 0.6) is 0 Å². The number of hydrogen-bond acceptors (Lipinski definition) is 13. The highest BCUT2D eigenvalue weighted by Gasteiger charge is 2.68. The van der Waals surface area contributed by atoms with Crippen molar-refractivity contribution in [1.29, 1.82) is 0 Å². The Morgan fingerprint density at radius 2 is 1.60 bits per heavy atom. The first kappa shape index (κ1) is 41.3. The Hall–Kier alpha value is -1.36. The van der Waals surface area contributed by atoms with E-state index in [0.717, 1.165) is 25.7 Å². The van der Waals surface area contributed by atoms with Crippen molar-refractivity contribution in [3.05, 3.63) is 11.6 Å². The number of ether oxygens (including phenoxy) is 4. The Bertz CT molecular complexity index is 1370. The third-order valence-electron chi connectivity index (χ3n) is 15.2. The molecule has 53 heavy (non-hydrogen) atoms. The first-order chi connectivity index (χ1) is 24.9. The fraction of sp³-hybridized carbons (Fsp3) is 0.900. The van der Waals surface area contributed by atoms with Crippen LogP contribution in [0.2, 0.25) is 0 Å². The lowest BCUT2D eigenvalue weighted by atomic mass is 9.42. The van der Waals surface area contributed by atoms with E-state index < -0.39 is 68.0 Å². The minimum Gasteiger partial charge on any atom is -0.396 e. The fourth-order valence-electron chi connectivity index (χ4n) is 11.5. The number of aliphatic hydroxyl groups is 7. The van der Waals surface area contributed by atoms with Crippen LogP contribution in [0.3, 0.4) is 0 Å². The molecule has 0 radical (unpaired) electrons. The number of carbonyl (C=O) groups is 2. The summed E-state index contributed by atoms with van der Waals surface area (Å²) in [5.74, 6) is 0.311. The van der Waals surface area contributed by atoms with Crippen LogP contribution in [0.25, 0.3) is 0 Å². The highest BCUT2D eigenvalue weighted by Crippen LogP contribution is 2.72. The Balaban J connectivity index is 1.17. The number of fused-ring (bicyclic) bond motifs is 5. The van der Waals surface area contributed by atoms with Crippen molar-refractivity contribution in [3.63, 3.8) is 0 Å². The van der Waals surface area contributed by atoms with Crippen LogP contribution in [-0.4, -0.2) is 128 Å². The number of Topliss-reactive ketones (excluding diaryl/α,β-unsaturated/α-hetero) is 2. The average molecular weight is 753 g/mol. The molecule has 13 nitrogen and oxygen atoms in total. The van der Waals surface area contributed by atoms with Gasteiger partial charge < -0.3 is 54.7 Å². The van der Waals surface area contributed by atoms with Crippen LogP contribution in [0.4, 0.5) is 0 Å². The van der Waals surface area contributed by atoms with E-state index in [1.807, 2.05) is 13.8 Å². The van der Waals surface area contributed by atoms with Crippen molar-refractivity contribution in [3.8, 4) is 0 Å². The first-order valence-corrected chi connectivity index (χ1v) is 19.9. The van der Waals surface area contributed by atoms with Crippen LogP contribution in [-0.2, 0) is 28.5 Å². The number of carbonyl (C=O) groups excluding carboxylic acids is 2. The zero-order valence-electron chi connectivity index (χ0n) is 32.2. The maximum absolute atomic E-state index is 13.9. The van der Waals surface area contributed by atoms with Crippen molar-refractivity contribution < 1.29 is 64.3 Å². The van der Waals surface area contributed by atoms with Gasteiger partial charge in [0.25, 0.3) is 0 Å². The van der Waals surface area contributed by atoms with Crippen LogP contribution in [0, 0.1) is 45.8 Å². The van der Waals surface area contributed by atoms with Gasteiger partial charge in [-0.3, -0.25) is 9.59 Å². The molecule has 0 spiro atoms. The van der Waals surface area contributed by atoms with Gasteiger partial charge in [0.15, 0.2) is 12.6 Å². The predicted molar refractivity (Wildman–Crippen MR) is 190 cm³/mol. The summed E-state index contributed by atoms with van der Waals surface area (Å²) in [4.78, 5) is 27.3. The molecule has 2 saturated heterocycles. The highest BCUT2D eigenvalue weighted by atomic mass is 16.8. The molecule has 19 unspecified atom stereocenters. The van der Waals surface area contributed by atoms with E-state index in [4.69, 9.17) is 18.9 Å². The van der Waals surface area contributed by atoms with E-state index in [1.54, 1.807) is 0 Å². The molecule has 0 aromatic heterocycles. The SMILES string of the molecule is CC(CO)CCC(=O)C(C)C1C(=O)CC2(C)C3CC=C4CC(OC5OC(CO)C(O)C(O)C5OC5OC(C)C(O)C(O)C5O)CCC4(C)C3CCC12C. The minimum atomic E-state index is -1.65. The van der Waals surface area contributed by atoms with E-state index in [9.17, 15) is 45.3 Å². The first-order valence-electron chi connectivity index (χ1n) is 19.9. The fourth-order valence-corrected chi connectivity index (χ4v) is 11.5. The molecule has 4 aliphatic carbocycles. The molecular formula is C40H64O13. The molecule has 0 amide bonds. The molecule has 0 bridgehead atoms. The molecule has 13 heteroatoms. The van der Waals surface area contributed by atoms with Gasteiger partial charge in [-0.1, -0.05) is 46.3 Å². The average Bonchev–Trinajstić information content (AvgIpc) is 3.34. The minimum absolute atomic E-state index is 0.0449. The molecule has 7 N–H and O–H groups in total. The molecule has 302 valence electrons. The predicted octanol–water partition coefficient (Wildman–Crippen LogP) is 1.79. The quantitative estimate of drug-likeness (QED) is 0.150. The molecule has 0 aromatic rings. The third-order valence-corrected chi connectivity index (χ3v) is 15.2. The number of aliphatic hydroxyl groups excluding tert-OH is 7. The second kappa shape index (κ2) is 15.5. The number of ketones is 2. The Morgan fingerprint density at radius 3 is 2.28 bits per heavy atom. The normalized spacial score (nSPS) is 49.7. The van der Waals surface area contributed by atoms with E-state index in [0.29, 0.717) is 38.0 Å². The van der Waals surface area contributed by atoms with Gasteiger partial charge in [-0.2, -0.15) is 0 Å². The van der Waals surface area contributed by atoms with Crippen molar-refractivity contribution >= 4 is 11.6 Å². The van der Waals surface area contributed by atoms with Gasteiger partial charge >= 0.3 is 0 Å². The van der Waals surface area contributed by atoms with Crippen LogP contribution in [0.1, 0.15) is 99.3 Å². The maximum Gasteiger partial charge on any atom is 0.187 e. The van der Waals surface area contributed by atoms with Gasteiger partial charge in [0, 0.05) is 31.3 Å². The topological polar surface area (TPSA) is 213 Å². The summed E-state index contributed by atoms with van der Waals surface area (Å²) in [7, 11) is 0. The Kier molecular flexibility index (Phi) is 12.1. The maximum atomic E-state index is 13.9. The van der Waals surface area contributed by atoms with Gasteiger partial charge in [-0.25, -0.2) is 0 Å². The van der Waals surface area contributed by atoms with Crippen molar-refractivity contribution in [2.75, 3.05) is 13.2 Å².